The summed E-state index contributed by atoms with van der Waals surface area (Å²) in [5.41, 5.74) is -1.35. The summed E-state index contributed by atoms with van der Waals surface area (Å²) in [5, 5.41) is 13.4. The topological polar surface area (TPSA) is 130 Å². The number of hydrogen-bond acceptors (Lipinski definition) is 5. The average molecular weight is 577 g/mol. The van der Waals surface area contributed by atoms with Gasteiger partial charge in [-0.3, -0.25) is 9.59 Å². The number of aromatic nitrogens is 2. The van der Waals surface area contributed by atoms with E-state index in [1.807, 2.05) is 5.32 Å². The van der Waals surface area contributed by atoms with Gasteiger partial charge in [-0.05, 0) is 62.4 Å². The second-order valence-electron chi connectivity index (χ2n) is 9.87. The number of carbonyl (C=O) groups is 2. The molecule has 216 valence electrons. The third-order valence-corrected chi connectivity index (χ3v) is 6.86. The van der Waals surface area contributed by atoms with Crippen molar-refractivity contribution in [3.8, 4) is 17.0 Å². The molecule has 2 heterocycles. The second-order valence-corrected chi connectivity index (χ2v) is 9.87. The number of ether oxygens (including phenoxy) is 1. The van der Waals surface area contributed by atoms with Gasteiger partial charge in [-0.2, -0.15) is 13.2 Å². The zero-order valence-electron chi connectivity index (χ0n) is 22.0. The minimum absolute atomic E-state index is 0.105. The van der Waals surface area contributed by atoms with E-state index >= 15 is 0 Å². The molecule has 4 aromatic rings. The molecule has 0 spiro atoms. The van der Waals surface area contributed by atoms with Gasteiger partial charge in [0.25, 0.3) is 5.91 Å². The largest absolute Gasteiger partial charge is 0.494 e. The quantitative estimate of drug-likeness (QED) is 0.230. The molecular formula is C28H25F5N4O4. The Labute approximate surface area is 230 Å². The molecule has 0 aliphatic heterocycles. The smallest absolute Gasteiger partial charge is 0.424 e. The molecule has 0 aliphatic carbocycles. The van der Waals surface area contributed by atoms with Crippen molar-refractivity contribution < 1.29 is 41.4 Å². The number of methoxy groups -OCH3 is 1. The first-order chi connectivity index (χ1) is 19.1. The van der Waals surface area contributed by atoms with E-state index in [0.29, 0.717) is 5.39 Å². The number of alkyl halides is 3. The molecule has 1 atom stereocenters. The van der Waals surface area contributed by atoms with Crippen LogP contribution in [0.1, 0.15) is 35.5 Å². The van der Waals surface area contributed by atoms with Crippen LogP contribution in [0.25, 0.3) is 22.2 Å². The molecule has 0 radical (unpaired) electrons. The molecule has 2 aromatic carbocycles. The highest BCUT2D eigenvalue weighted by molar-refractivity contribution is 5.98. The van der Waals surface area contributed by atoms with Crippen molar-refractivity contribution in [2.75, 3.05) is 13.7 Å². The van der Waals surface area contributed by atoms with Gasteiger partial charge in [-0.15, -0.1) is 0 Å². The predicted molar refractivity (Wildman–Crippen MR) is 139 cm³/mol. The Morgan fingerprint density at radius 3 is 2.32 bits per heavy atom. The van der Waals surface area contributed by atoms with Crippen LogP contribution in [0.3, 0.4) is 0 Å². The molecular weight excluding hydrogens is 551 g/mol. The van der Waals surface area contributed by atoms with Gasteiger partial charge in [-0.1, -0.05) is 0 Å². The Kier molecular flexibility index (Phi) is 7.52. The van der Waals surface area contributed by atoms with Crippen LogP contribution in [-0.2, 0) is 15.8 Å². The van der Waals surface area contributed by atoms with E-state index in [0.717, 1.165) is 24.3 Å². The van der Waals surface area contributed by atoms with Crippen LogP contribution >= 0.6 is 0 Å². The summed E-state index contributed by atoms with van der Waals surface area (Å²) in [5.74, 6) is -3.59. The summed E-state index contributed by atoms with van der Waals surface area (Å²) < 4.78 is 77.1. The molecule has 0 saturated carbocycles. The molecule has 0 aliphatic rings. The number of carbonyl (C=O) groups excluding carboxylic acids is 2. The Morgan fingerprint density at radius 1 is 1.07 bits per heavy atom. The van der Waals surface area contributed by atoms with E-state index in [4.69, 9.17) is 10.5 Å². The van der Waals surface area contributed by atoms with Crippen LogP contribution in [-0.4, -0.2) is 46.7 Å². The SMILES string of the molecule is COc1c(C(C)(C)C(N)=O)cc(C(O)(CNC(=O)c2cc(F)c3[nH]ccc3c2)C(F)(F)F)nc1-c1ccc(F)cc1. The van der Waals surface area contributed by atoms with E-state index < -0.39 is 52.9 Å². The first kappa shape index (κ1) is 29.5. The number of aliphatic hydroxyl groups is 1. The third kappa shape index (κ3) is 5.32. The first-order valence-corrected chi connectivity index (χ1v) is 12.1. The average Bonchev–Trinajstić information content (AvgIpc) is 3.40. The highest BCUT2D eigenvalue weighted by Gasteiger charge is 2.57. The van der Waals surface area contributed by atoms with Gasteiger partial charge in [0, 0.05) is 28.3 Å². The molecule has 5 N–H and O–H groups in total. The maximum atomic E-state index is 14.6. The van der Waals surface area contributed by atoms with Crippen LogP contribution in [0, 0.1) is 11.6 Å². The lowest BCUT2D eigenvalue weighted by Gasteiger charge is -2.33. The number of halogens is 5. The van der Waals surface area contributed by atoms with Gasteiger partial charge in [0.15, 0.2) is 0 Å². The van der Waals surface area contributed by atoms with E-state index in [2.05, 4.69) is 9.97 Å². The lowest BCUT2D eigenvalue weighted by Crippen LogP contribution is -2.52. The van der Waals surface area contributed by atoms with E-state index in [-0.39, 0.29) is 33.7 Å². The van der Waals surface area contributed by atoms with Gasteiger partial charge in [0.05, 0.1) is 30.3 Å². The number of hydrogen-bond donors (Lipinski definition) is 4. The van der Waals surface area contributed by atoms with Crippen LogP contribution in [0.4, 0.5) is 22.0 Å². The van der Waals surface area contributed by atoms with Crippen molar-refractivity contribution >= 4 is 22.7 Å². The molecule has 4 rings (SSSR count). The van der Waals surface area contributed by atoms with Crippen molar-refractivity contribution in [1.29, 1.82) is 0 Å². The van der Waals surface area contributed by atoms with Crippen molar-refractivity contribution in [1.82, 2.24) is 15.3 Å². The summed E-state index contributed by atoms with van der Waals surface area (Å²) in [6, 6.07) is 8.94. The van der Waals surface area contributed by atoms with E-state index in [1.165, 1.54) is 51.4 Å². The Bertz CT molecular complexity index is 1630. The van der Waals surface area contributed by atoms with Crippen molar-refractivity contribution in [3.05, 3.63) is 83.2 Å². The molecule has 41 heavy (non-hydrogen) atoms. The van der Waals surface area contributed by atoms with Gasteiger partial charge < -0.3 is 25.9 Å². The van der Waals surface area contributed by atoms with Gasteiger partial charge in [0.2, 0.25) is 11.5 Å². The fourth-order valence-electron chi connectivity index (χ4n) is 4.26. The molecule has 2 amide bonds. The highest BCUT2D eigenvalue weighted by atomic mass is 19.4. The fraction of sp³-hybridized carbons (Fsp3) is 0.250. The predicted octanol–water partition coefficient (Wildman–Crippen LogP) is 4.46. The minimum Gasteiger partial charge on any atom is -0.494 e. The molecule has 0 saturated heterocycles. The molecule has 1 unspecified atom stereocenters. The molecule has 8 nitrogen and oxygen atoms in total. The molecule has 13 heteroatoms. The summed E-state index contributed by atoms with van der Waals surface area (Å²) in [7, 11) is 1.20. The Morgan fingerprint density at radius 2 is 1.73 bits per heavy atom. The van der Waals surface area contributed by atoms with E-state index in [9.17, 15) is 36.6 Å². The van der Waals surface area contributed by atoms with Crippen LogP contribution in [0.5, 0.6) is 5.75 Å². The van der Waals surface area contributed by atoms with E-state index in [1.54, 1.807) is 0 Å². The maximum Gasteiger partial charge on any atom is 0.424 e. The number of primary amides is 1. The number of nitrogens with one attached hydrogen (secondary N) is 2. The third-order valence-electron chi connectivity index (χ3n) is 6.86. The lowest BCUT2D eigenvalue weighted by molar-refractivity contribution is -0.265. The van der Waals surface area contributed by atoms with Gasteiger partial charge in [-0.25, -0.2) is 13.8 Å². The number of H-pyrrole nitrogens is 1. The van der Waals surface area contributed by atoms with Crippen LogP contribution < -0.4 is 15.8 Å². The normalized spacial score (nSPS) is 13.6. The minimum atomic E-state index is -5.41. The summed E-state index contributed by atoms with van der Waals surface area (Å²) >= 11 is 0. The number of aromatic amines is 1. The summed E-state index contributed by atoms with van der Waals surface area (Å²) in [4.78, 5) is 31.8. The Hall–Kier alpha value is -4.52. The lowest BCUT2D eigenvalue weighted by atomic mass is 9.81. The summed E-state index contributed by atoms with van der Waals surface area (Å²) in [6.45, 7) is 1.25. The number of amides is 2. The number of nitrogens with zero attached hydrogens (tertiary/aromatic N) is 1. The van der Waals surface area contributed by atoms with Crippen LogP contribution in [0.15, 0.2) is 54.7 Å². The number of rotatable bonds is 8. The van der Waals surface area contributed by atoms with Crippen molar-refractivity contribution in [2.24, 2.45) is 5.73 Å². The standard InChI is InChI=1S/C28H25F5N4O4/c1-26(2,25(34)39)18-12-20(37-22(23(18)41-3)14-4-6-17(29)7-5-14)27(40,28(31,32)33)13-36-24(38)16-10-15-8-9-35-21(15)19(30)11-16/h4-12,35,40H,13H2,1-3H3,(H2,34,39)(H,36,38). The number of nitrogens with two attached hydrogens (primary N) is 1. The molecule has 0 fully saturated rings. The zero-order valence-corrected chi connectivity index (χ0v) is 22.0. The Balaban J connectivity index is 1.86. The molecule has 0 bridgehead atoms. The summed E-state index contributed by atoms with van der Waals surface area (Å²) in [6.07, 6.45) is -3.98. The highest BCUT2D eigenvalue weighted by Crippen LogP contribution is 2.44. The number of pyridine rings is 1. The molecule has 2 aromatic heterocycles. The maximum absolute atomic E-state index is 14.6. The zero-order chi connectivity index (χ0) is 30.3. The number of fused-ring (bicyclic) bond motifs is 1. The number of benzene rings is 2. The second kappa shape index (κ2) is 10.5. The fourth-order valence-corrected chi connectivity index (χ4v) is 4.26. The van der Waals surface area contributed by atoms with Gasteiger partial charge in [0.1, 0.15) is 23.1 Å². The van der Waals surface area contributed by atoms with Crippen molar-refractivity contribution in [2.45, 2.75) is 31.0 Å². The monoisotopic (exact) mass is 576 g/mol. The van der Waals surface area contributed by atoms with Gasteiger partial charge >= 0.3 is 6.18 Å². The van der Waals surface area contributed by atoms with Crippen molar-refractivity contribution in [3.63, 3.8) is 0 Å². The first-order valence-electron chi connectivity index (χ1n) is 12.1. The van der Waals surface area contributed by atoms with Crippen LogP contribution in [0.2, 0.25) is 0 Å².